The van der Waals surface area contributed by atoms with Crippen molar-refractivity contribution in [3.05, 3.63) is 53.4 Å². The van der Waals surface area contributed by atoms with E-state index in [0.29, 0.717) is 11.1 Å². The van der Waals surface area contributed by atoms with Crippen molar-refractivity contribution in [2.45, 2.75) is 26.4 Å². The Balaban J connectivity index is 1.72. The summed E-state index contributed by atoms with van der Waals surface area (Å²) in [4.78, 5) is 16.4. The van der Waals surface area contributed by atoms with Crippen LogP contribution >= 0.6 is 0 Å². The van der Waals surface area contributed by atoms with Crippen LogP contribution in [0.25, 0.3) is 11.1 Å². The van der Waals surface area contributed by atoms with Crippen LogP contribution in [-0.4, -0.2) is 27.2 Å². The number of hydrogen-bond donors (Lipinski definition) is 3. The van der Waals surface area contributed by atoms with Crippen LogP contribution in [0, 0.1) is 13.8 Å². The van der Waals surface area contributed by atoms with E-state index in [1.165, 1.54) is 6.07 Å². The molecule has 2 aromatic carbocycles. The minimum Gasteiger partial charge on any atom is -0.506 e. The highest BCUT2D eigenvalue weighted by Gasteiger charge is 2.20. The van der Waals surface area contributed by atoms with E-state index in [4.69, 9.17) is 4.42 Å². The van der Waals surface area contributed by atoms with Gasteiger partial charge in [-0.25, -0.2) is 4.98 Å². The number of phenols is 1. The molecular weight excluding hydrogens is 308 g/mol. The molecule has 1 aromatic heterocycles. The van der Waals surface area contributed by atoms with E-state index in [2.05, 4.69) is 10.3 Å². The Hall–Kier alpha value is -2.86. The first-order valence-corrected chi connectivity index (χ1v) is 7.57. The predicted molar refractivity (Wildman–Crippen MR) is 89.9 cm³/mol. The predicted octanol–water partition coefficient (Wildman–Crippen LogP) is 2.69. The average molecular weight is 326 g/mol. The van der Waals surface area contributed by atoms with Gasteiger partial charge in [0.1, 0.15) is 17.4 Å². The van der Waals surface area contributed by atoms with Gasteiger partial charge in [-0.05, 0) is 49.2 Å². The van der Waals surface area contributed by atoms with Crippen molar-refractivity contribution in [1.29, 1.82) is 0 Å². The smallest absolute Gasteiger partial charge is 0.253 e. The van der Waals surface area contributed by atoms with Crippen LogP contribution in [0.5, 0.6) is 5.75 Å². The van der Waals surface area contributed by atoms with E-state index in [0.717, 1.165) is 11.1 Å². The normalized spacial score (nSPS) is 12.3. The number of phenolic OH excluding ortho intramolecular Hbond substituents is 1. The van der Waals surface area contributed by atoms with Gasteiger partial charge in [0.25, 0.3) is 5.91 Å². The van der Waals surface area contributed by atoms with Gasteiger partial charge < -0.3 is 19.9 Å². The van der Waals surface area contributed by atoms with Crippen LogP contribution in [0.3, 0.4) is 0 Å². The molecule has 0 radical (unpaired) electrons. The molecule has 124 valence electrons. The van der Waals surface area contributed by atoms with Gasteiger partial charge in [0.2, 0.25) is 0 Å². The summed E-state index contributed by atoms with van der Waals surface area (Å²) in [7, 11) is 0. The molecular formula is C18H18N2O4. The molecule has 1 heterocycles. The van der Waals surface area contributed by atoms with Crippen molar-refractivity contribution in [1.82, 2.24) is 4.98 Å². The number of anilines is 1. The lowest BCUT2D eigenvalue weighted by atomic mass is 10.2. The number of aromatic hydroxyl groups is 1. The van der Waals surface area contributed by atoms with Gasteiger partial charge >= 0.3 is 0 Å². The second kappa shape index (κ2) is 6.33. The fourth-order valence-electron chi connectivity index (χ4n) is 2.40. The molecule has 1 unspecified atom stereocenters. The molecule has 3 N–H and O–H groups in total. The monoisotopic (exact) mass is 326 g/mol. The molecule has 24 heavy (non-hydrogen) atoms. The number of aromatic nitrogens is 1. The fraction of sp³-hybridized carbons (Fsp3) is 0.222. The number of benzene rings is 2. The third-order valence-corrected chi connectivity index (χ3v) is 3.67. The van der Waals surface area contributed by atoms with Crippen LogP contribution in [0.4, 0.5) is 5.69 Å². The summed E-state index contributed by atoms with van der Waals surface area (Å²) >= 11 is 0. The van der Waals surface area contributed by atoms with Crippen LogP contribution in [0.1, 0.15) is 17.0 Å². The molecule has 0 bridgehead atoms. The van der Waals surface area contributed by atoms with Crippen molar-refractivity contribution >= 4 is 22.7 Å². The number of fused-ring (bicyclic) bond motifs is 1. The first-order chi connectivity index (χ1) is 11.4. The summed E-state index contributed by atoms with van der Waals surface area (Å²) in [6.45, 7) is 3.79. The number of rotatable bonds is 4. The van der Waals surface area contributed by atoms with E-state index in [-0.39, 0.29) is 23.7 Å². The maximum atomic E-state index is 12.1. The number of hydrogen-bond acceptors (Lipinski definition) is 5. The zero-order valence-corrected chi connectivity index (χ0v) is 13.4. The quantitative estimate of drug-likeness (QED) is 0.641. The minimum atomic E-state index is -1.33. The molecule has 0 spiro atoms. The fourth-order valence-corrected chi connectivity index (χ4v) is 2.40. The third-order valence-electron chi connectivity index (χ3n) is 3.67. The Morgan fingerprint density at radius 1 is 1.21 bits per heavy atom. The molecule has 6 heteroatoms. The lowest BCUT2D eigenvalue weighted by Gasteiger charge is -2.11. The standard InChI is InChI=1S/C18H18N2O4/c1-10-3-5-14(21)12(7-10)20-18(23)15(22)9-17-19-13-8-11(2)4-6-16(13)24-17/h3-8,15,21-22H,9H2,1-2H3,(H,20,23). The van der Waals surface area contributed by atoms with Gasteiger partial charge in [-0.2, -0.15) is 0 Å². The zero-order valence-electron chi connectivity index (χ0n) is 13.4. The molecule has 0 aliphatic heterocycles. The molecule has 0 aliphatic rings. The number of carbonyl (C=O) groups is 1. The second-order valence-electron chi connectivity index (χ2n) is 5.81. The maximum Gasteiger partial charge on any atom is 0.253 e. The maximum absolute atomic E-state index is 12.1. The third kappa shape index (κ3) is 3.38. The molecule has 0 saturated carbocycles. The number of oxazole rings is 1. The molecule has 3 aromatic rings. The zero-order chi connectivity index (χ0) is 17.3. The summed E-state index contributed by atoms with van der Waals surface area (Å²) in [5.74, 6) is -0.403. The highest BCUT2D eigenvalue weighted by molar-refractivity contribution is 5.95. The molecule has 0 aliphatic carbocycles. The summed E-state index contributed by atoms with van der Waals surface area (Å²) < 4.78 is 5.54. The molecule has 0 saturated heterocycles. The first-order valence-electron chi connectivity index (χ1n) is 7.57. The number of nitrogens with zero attached hydrogens (tertiary/aromatic N) is 1. The number of aryl methyl sites for hydroxylation is 2. The average Bonchev–Trinajstić information content (AvgIpc) is 2.92. The van der Waals surface area contributed by atoms with Gasteiger partial charge in [-0.15, -0.1) is 0 Å². The summed E-state index contributed by atoms with van der Waals surface area (Å²) in [5, 5.41) is 22.3. The Labute approximate surface area is 138 Å². The lowest BCUT2D eigenvalue weighted by Crippen LogP contribution is -2.29. The van der Waals surface area contributed by atoms with Crippen molar-refractivity contribution in [2.75, 3.05) is 5.32 Å². The molecule has 6 nitrogen and oxygen atoms in total. The Morgan fingerprint density at radius 3 is 2.71 bits per heavy atom. The Morgan fingerprint density at radius 2 is 1.92 bits per heavy atom. The van der Waals surface area contributed by atoms with Crippen molar-refractivity contribution in [2.24, 2.45) is 0 Å². The van der Waals surface area contributed by atoms with Gasteiger partial charge in [0.15, 0.2) is 11.5 Å². The van der Waals surface area contributed by atoms with E-state index in [9.17, 15) is 15.0 Å². The topological polar surface area (TPSA) is 95.6 Å². The Kier molecular flexibility index (Phi) is 4.22. The summed E-state index contributed by atoms with van der Waals surface area (Å²) in [5.41, 5.74) is 3.49. The number of amides is 1. The van der Waals surface area contributed by atoms with E-state index >= 15 is 0 Å². The number of carbonyl (C=O) groups excluding carboxylic acids is 1. The lowest BCUT2D eigenvalue weighted by molar-refractivity contribution is -0.124. The van der Waals surface area contributed by atoms with Crippen LogP contribution in [0.2, 0.25) is 0 Å². The van der Waals surface area contributed by atoms with Gasteiger partial charge in [0.05, 0.1) is 12.1 Å². The molecule has 1 atom stereocenters. The number of aliphatic hydroxyl groups is 1. The van der Waals surface area contributed by atoms with Gasteiger partial charge in [-0.1, -0.05) is 12.1 Å². The summed E-state index contributed by atoms with van der Waals surface area (Å²) in [6.07, 6.45) is -1.38. The number of nitrogens with one attached hydrogen (secondary N) is 1. The van der Waals surface area contributed by atoms with E-state index in [1.54, 1.807) is 18.2 Å². The van der Waals surface area contributed by atoms with Crippen LogP contribution in [0.15, 0.2) is 40.8 Å². The van der Waals surface area contributed by atoms with Crippen molar-refractivity contribution < 1.29 is 19.4 Å². The van der Waals surface area contributed by atoms with Gasteiger partial charge in [-0.3, -0.25) is 4.79 Å². The minimum absolute atomic E-state index is 0.0495. The highest BCUT2D eigenvalue weighted by Crippen LogP contribution is 2.24. The van der Waals surface area contributed by atoms with E-state index in [1.807, 2.05) is 26.0 Å². The highest BCUT2D eigenvalue weighted by atomic mass is 16.4. The molecule has 3 rings (SSSR count). The van der Waals surface area contributed by atoms with Crippen LogP contribution in [-0.2, 0) is 11.2 Å². The largest absolute Gasteiger partial charge is 0.506 e. The molecule has 0 fully saturated rings. The van der Waals surface area contributed by atoms with Gasteiger partial charge in [0, 0.05) is 0 Å². The number of aliphatic hydroxyl groups excluding tert-OH is 1. The van der Waals surface area contributed by atoms with Crippen molar-refractivity contribution in [3.63, 3.8) is 0 Å². The van der Waals surface area contributed by atoms with Crippen molar-refractivity contribution in [3.8, 4) is 5.75 Å². The van der Waals surface area contributed by atoms with E-state index < -0.39 is 12.0 Å². The first kappa shape index (κ1) is 16.0. The SMILES string of the molecule is Cc1ccc(O)c(NC(=O)C(O)Cc2nc3cc(C)ccc3o2)c1. The van der Waals surface area contributed by atoms with Crippen LogP contribution < -0.4 is 5.32 Å². The molecule has 1 amide bonds. The summed E-state index contributed by atoms with van der Waals surface area (Å²) in [6, 6.07) is 10.4. The second-order valence-corrected chi connectivity index (χ2v) is 5.81. The Bertz CT molecular complexity index is 901.